The summed E-state index contributed by atoms with van der Waals surface area (Å²) in [5, 5.41) is 10.3. The first-order chi connectivity index (χ1) is 19.1. The van der Waals surface area contributed by atoms with Crippen LogP contribution in [-0.4, -0.2) is 56.6 Å². The van der Waals surface area contributed by atoms with Gasteiger partial charge >= 0.3 is 5.92 Å². The van der Waals surface area contributed by atoms with Gasteiger partial charge in [-0.25, -0.2) is 18.7 Å². The van der Waals surface area contributed by atoms with Crippen LogP contribution in [0.2, 0.25) is 36.3 Å². The number of benzene rings is 1. The molecule has 3 rings (SSSR count). The van der Waals surface area contributed by atoms with Crippen LogP contribution < -0.4 is 9.74 Å². The van der Waals surface area contributed by atoms with E-state index >= 15 is 13.2 Å². The Labute approximate surface area is 248 Å². The van der Waals surface area contributed by atoms with Crippen LogP contribution in [0.3, 0.4) is 0 Å². The lowest BCUT2D eigenvalue weighted by molar-refractivity contribution is -0.0277. The average molecular weight is 628 g/mol. The number of hydrogen-bond donors (Lipinski definition) is 2. The van der Waals surface area contributed by atoms with Crippen molar-refractivity contribution in [1.29, 1.82) is 0 Å². The zero-order chi connectivity index (χ0) is 31.9. The molecule has 0 saturated carbocycles. The topological polar surface area (TPSA) is 85.0 Å². The molecule has 0 aliphatic heterocycles. The first kappa shape index (κ1) is 34.0. The molecule has 0 aliphatic rings. The number of nitrogens with one attached hydrogen (secondary N) is 2. The molecule has 1 atom stereocenters. The molecule has 7 nitrogen and oxygen atoms in total. The second-order valence-electron chi connectivity index (χ2n) is 14.1. The molecule has 234 valence electrons. The van der Waals surface area contributed by atoms with Gasteiger partial charge in [-0.05, 0) is 54.3 Å². The molecule has 1 aromatic carbocycles. The van der Waals surface area contributed by atoms with Crippen LogP contribution in [0.15, 0.2) is 18.3 Å². The van der Waals surface area contributed by atoms with Crippen LogP contribution >= 0.6 is 0 Å². The molecule has 42 heavy (non-hydrogen) atoms. The van der Waals surface area contributed by atoms with Crippen molar-refractivity contribution in [2.45, 2.75) is 90.7 Å². The van der Waals surface area contributed by atoms with Crippen LogP contribution in [-0.2, 0) is 10.3 Å². The van der Waals surface area contributed by atoms with Gasteiger partial charge in [0.1, 0.15) is 11.6 Å². The summed E-state index contributed by atoms with van der Waals surface area (Å²) >= 11 is 0. The summed E-state index contributed by atoms with van der Waals surface area (Å²) in [7, 11) is -4.53. The van der Waals surface area contributed by atoms with Crippen LogP contribution in [0.25, 0.3) is 22.4 Å². The second kappa shape index (κ2) is 11.9. The van der Waals surface area contributed by atoms with Gasteiger partial charge in [0.25, 0.3) is 8.32 Å². The van der Waals surface area contributed by atoms with E-state index in [1.807, 2.05) is 40.8 Å². The highest BCUT2D eigenvalue weighted by Crippen LogP contribution is 2.43. The van der Waals surface area contributed by atoms with E-state index < -0.39 is 40.6 Å². The van der Waals surface area contributed by atoms with Gasteiger partial charge < -0.3 is 14.2 Å². The second-order valence-corrected chi connectivity index (χ2v) is 23.6. The zero-order valence-electron chi connectivity index (χ0n) is 26.6. The highest BCUT2D eigenvalue weighted by molar-refractivity contribution is 6.75. The highest BCUT2D eigenvalue weighted by Gasteiger charge is 2.42. The molecule has 13 heteroatoms. The third-order valence-corrected chi connectivity index (χ3v) is 17.4. The standard InChI is InChI=1S/C29H45F4N5O2Si2/c1-18(16-39-41(8,9)27(2,3)4)14-34-24-20-15-35-38-26(20)37-25(36-24)19-12-22(31)23(13-21(19)29(32,33)17-30)40-42(10,11)28(5,6)7/h12-13,15,18H,14,16-17H2,1-11H3,(H2,34,35,36,37,38). The monoisotopic (exact) mass is 627 g/mol. The van der Waals surface area contributed by atoms with Crippen molar-refractivity contribution >= 4 is 33.5 Å². The predicted molar refractivity (Wildman–Crippen MR) is 166 cm³/mol. The fourth-order valence-corrected chi connectivity index (χ4v) is 5.75. The maximum absolute atomic E-state index is 15.5. The van der Waals surface area contributed by atoms with Crippen molar-refractivity contribution in [2.75, 3.05) is 25.1 Å². The van der Waals surface area contributed by atoms with Gasteiger partial charge in [-0.3, -0.25) is 5.10 Å². The van der Waals surface area contributed by atoms with Crippen molar-refractivity contribution < 1.29 is 26.4 Å². The Kier molecular flexibility index (Phi) is 9.61. The fraction of sp³-hybridized carbons (Fsp3) is 0.621. The molecular weight excluding hydrogens is 583 g/mol. The van der Waals surface area contributed by atoms with E-state index in [1.54, 1.807) is 0 Å². The molecule has 0 aliphatic carbocycles. The summed E-state index contributed by atoms with van der Waals surface area (Å²) in [6, 6.07) is 1.79. The summed E-state index contributed by atoms with van der Waals surface area (Å²) < 4.78 is 71.6. The van der Waals surface area contributed by atoms with Gasteiger partial charge in [0, 0.05) is 24.3 Å². The number of alkyl halides is 3. The molecule has 0 radical (unpaired) electrons. The van der Waals surface area contributed by atoms with E-state index in [0.717, 1.165) is 12.1 Å². The number of aromatic nitrogens is 4. The third kappa shape index (κ3) is 7.33. The van der Waals surface area contributed by atoms with Crippen molar-refractivity contribution in [3.05, 3.63) is 29.7 Å². The minimum absolute atomic E-state index is 0.0740. The Balaban J connectivity index is 2.01. The van der Waals surface area contributed by atoms with Crippen molar-refractivity contribution in [1.82, 2.24) is 20.2 Å². The molecule has 0 spiro atoms. The summed E-state index contributed by atoms with van der Waals surface area (Å²) in [6.07, 6.45) is 1.52. The van der Waals surface area contributed by atoms with E-state index in [9.17, 15) is 4.39 Å². The molecule has 0 amide bonds. The Morgan fingerprint density at radius 3 is 2.17 bits per heavy atom. The number of aromatic amines is 1. The number of hydrogen-bond acceptors (Lipinski definition) is 6. The van der Waals surface area contributed by atoms with E-state index in [-0.39, 0.29) is 38.8 Å². The lowest BCUT2D eigenvalue weighted by atomic mass is 10.0. The van der Waals surface area contributed by atoms with Crippen LogP contribution in [0, 0.1) is 11.7 Å². The van der Waals surface area contributed by atoms with Crippen LogP contribution in [0.5, 0.6) is 5.75 Å². The molecule has 1 unspecified atom stereocenters. The zero-order valence-corrected chi connectivity index (χ0v) is 28.6. The van der Waals surface area contributed by atoms with E-state index in [0.29, 0.717) is 24.4 Å². The lowest BCUT2D eigenvalue weighted by Gasteiger charge is -2.37. The van der Waals surface area contributed by atoms with Gasteiger partial charge in [-0.1, -0.05) is 48.5 Å². The van der Waals surface area contributed by atoms with Gasteiger partial charge in [0.15, 0.2) is 32.3 Å². The van der Waals surface area contributed by atoms with Gasteiger partial charge in [0.2, 0.25) is 0 Å². The molecule has 2 aromatic heterocycles. The summed E-state index contributed by atoms with van der Waals surface area (Å²) in [4.78, 5) is 8.83. The molecule has 2 N–H and O–H groups in total. The molecule has 2 heterocycles. The van der Waals surface area contributed by atoms with E-state index in [2.05, 4.69) is 59.3 Å². The SMILES string of the molecule is CC(CNc1nc(-c2cc(F)c(O[Si](C)(C)C(C)(C)C)cc2C(F)(F)CF)nc2[nH]ncc12)CO[Si](C)(C)C(C)(C)C. The molecule has 0 bridgehead atoms. The number of fused-ring (bicyclic) bond motifs is 1. The highest BCUT2D eigenvalue weighted by atomic mass is 28.4. The average Bonchev–Trinajstić information content (AvgIpc) is 3.34. The van der Waals surface area contributed by atoms with E-state index in [1.165, 1.54) is 6.20 Å². The van der Waals surface area contributed by atoms with Crippen molar-refractivity contribution in [2.24, 2.45) is 5.92 Å². The Morgan fingerprint density at radius 2 is 1.60 bits per heavy atom. The van der Waals surface area contributed by atoms with Crippen molar-refractivity contribution in [3.8, 4) is 17.1 Å². The Bertz CT molecular complexity index is 1400. The molecule has 3 aromatic rings. The van der Waals surface area contributed by atoms with Crippen LogP contribution in [0.4, 0.5) is 23.4 Å². The third-order valence-electron chi connectivity index (χ3n) is 8.51. The summed E-state index contributed by atoms with van der Waals surface area (Å²) in [5.74, 6) is -4.89. The summed E-state index contributed by atoms with van der Waals surface area (Å²) in [6.45, 7) is 21.5. The first-order valence-electron chi connectivity index (χ1n) is 14.2. The number of rotatable bonds is 11. The summed E-state index contributed by atoms with van der Waals surface area (Å²) in [5.41, 5.74) is -0.808. The minimum Gasteiger partial charge on any atom is -0.542 e. The van der Waals surface area contributed by atoms with Gasteiger partial charge in [-0.2, -0.15) is 13.9 Å². The Morgan fingerprint density at radius 1 is 0.976 bits per heavy atom. The maximum Gasteiger partial charge on any atom is 0.301 e. The van der Waals surface area contributed by atoms with Gasteiger partial charge in [0.05, 0.1) is 11.6 Å². The van der Waals surface area contributed by atoms with Crippen molar-refractivity contribution in [3.63, 3.8) is 0 Å². The molecule has 0 saturated heterocycles. The van der Waals surface area contributed by atoms with Crippen LogP contribution in [0.1, 0.15) is 54.0 Å². The number of nitrogens with zero attached hydrogens (tertiary/aromatic N) is 3. The van der Waals surface area contributed by atoms with E-state index in [4.69, 9.17) is 8.85 Å². The largest absolute Gasteiger partial charge is 0.542 e. The maximum atomic E-state index is 15.5. The quantitative estimate of drug-likeness (QED) is 0.163. The smallest absolute Gasteiger partial charge is 0.301 e. The number of halogens is 4. The Hall–Kier alpha value is -2.52. The molecule has 0 fully saturated rings. The molecular formula is C29H45F4N5O2Si2. The number of anilines is 1. The van der Waals surface area contributed by atoms with Gasteiger partial charge in [-0.15, -0.1) is 0 Å². The fourth-order valence-electron chi connectivity index (χ4n) is 3.61. The normalized spacial score (nSPS) is 14.4. The lowest BCUT2D eigenvalue weighted by Crippen LogP contribution is -2.44. The number of H-pyrrole nitrogens is 1. The predicted octanol–water partition coefficient (Wildman–Crippen LogP) is 8.67. The minimum atomic E-state index is -3.93. The first-order valence-corrected chi connectivity index (χ1v) is 20.0.